The van der Waals surface area contributed by atoms with Crippen LogP contribution < -0.4 is 5.32 Å². The molecule has 0 saturated carbocycles. The zero-order valence-electron chi connectivity index (χ0n) is 10.5. The second kappa shape index (κ2) is 7.13. The number of carboxylic acids is 1. The van der Waals surface area contributed by atoms with Crippen molar-refractivity contribution in [3.05, 3.63) is 44.7 Å². The summed E-state index contributed by atoms with van der Waals surface area (Å²) in [6.45, 7) is 2.40. The van der Waals surface area contributed by atoms with E-state index in [-0.39, 0.29) is 0 Å². The molecule has 1 aromatic carbocycles. The van der Waals surface area contributed by atoms with Crippen LogP contribution in [0.25, 0.3) is 10.4 Å². The number of hydrogen-bond donors (Lipinski definition) is 2. The predicted molar refractivity (Wildman–Crippen MR) is 75.8 cm³/mol. The van der Waals surface area contributed by atoms with Gasteiger partial charge in [0, 0.05) is 15.9 Å². The Kier molecular flexibility index (Phi) is 5.82. The molecule has 0 bridgehead atoms. The van der Waals surface area contributed by atoms with Crippen molar-refractivity contribution in [2.45, 2.75) is 18.9 Å². The third-order valence-electron chi connectivity index (χ3n) is 2.82. The van der Waals surface area contributed by atoms with E-state index in [0.717, 1.165) is 4.47 Å². The molecule has 1 aromatic rings. The minimum Gasteiger partial charge on any atom is -0.480 e. The smallest absolute Gasteiger partial charge is 0.328 e. The molecule has 0 amide bonds. The van der Waals surface area contributed by atoms with Crippen molar-refractivity contribution in [3.63, 3.8) is 0 Å². The van der Waals surface area contributed by atoms with Crippen LogP contribution in [0.15, 0.2) is 33.9 Å². The number of nitrogens with one attached hydrogen (secondary N) is 1. The number of halogens is 1. The molecule has 0 saturated heterocycles. The number of carboxylic acid groups (broad SMARTS) is 1. The first kappa shape index (κ1) is 15.5. The maximum absolute atomic E-state index is 11.5. The van der Waals surface area contributed by atoms with Gasteiger partial charge in [-0.05, 0) is 37.1 Å². The summed E-state index contributed by atoms with van der Waals surface area (Å²) in [4.78, 5) is 14.2. The normalized spacial score (nSPS) is 13.4. The molecule has 2 N–H and O–H groups in total. The Morgan fingerprint density at radius 2 is 2.26 bits per heavy atom. The molecule has 1 rings (SSSR count). The second-order valence-electron chi connectivity index (χ2n) is 4.14. The minimum absolute atomic E-state index is 0.342. The van der Waals surface area contributed by atoms with E-state index < -0.39 is 11.5 Å². The van der Waals surface area contributed by atoms with Crippen molar-refractivity contribution in [2.75, 3.05) is 13.1 Å². The molecule has 0 spiro atoms. The standard InChI is InChI=1S/C12H15BrN4O2/c1-12(11(18)19,15-7-4-8-16-17-14)9-5-2-3-6-10(9)13/h2-3,5-6,15H,4,7-8H2,1H3,(H,18,19). The van der Waals surface area contributed by atoms with Crippen molar-refractivity contribution >= 4 is 21.9 Å². The summed E-state index contributed by atoms with van der Waals surface area (Å²) in [6, 6.07) is 7.19. The minimum atomic E-state index is -1.18. The van der Waals surface area contributed by atoms with E-state index in [1.807, 2.05) is 6.07 Å². The Balaban J connectivity index is 2.83. The maximum atomic E-state index is 11.5. The van der Waals surface area contributed by atoms with Crippen LogP contribution in [0.5, 0.6) is 0 Å². The SMILES string of the molecule is CC(NCCCN=[N+]=[N-])(C(=O)O)c1ccccc1Br. The number of aliphatic carboxylic acids is 1. The van der Waals surface area contributed by atoms with Crippen molar-refractivity contribution in [1.82, 2.24) is 5.32 Å². The van der Waals surface area contributed by atoms with Crippen LogP contribution in [0.3, 0.4) is 0 Å². The zero-order chi connectivity index (χ0) is 14.3. The first-order valence-electron chi connectivity index (χ1n) is 5.76. The van der Waals surface area contributed by atoms with Crippen molar-refractivity contribution < 1.29 is 9.90 Å². The number of rotatable bonds is 7. The number of azide groups is 1. The van der Waals surface area contributed by atoms with Gasteiger partial charge in [-0.25, -0.2) is 4.79 Å². The number of hydrogen-bond acceptors (Lipinski definition) is 3. The van der Waals surface area contributed by atoms with Crippen LogP contribution in [0, 0.1) is 0 Å². The molecule has 7 heteroatoms. The summed E-state index contributed by atoms with van der Waals surface area (Å²) < 4.78 is 0.738. The van der Waals surface area contributed by atoms with Crippen molar-refractivity contribution in [2.24, 2.45) is 5.11 Å². The first-order chi connectivity index (χ1) is 9.02. The number of benzene rings is 1. The summed E-state index contributed by atoms with van der Waals surface area (Å²) in [5.41, 5.74) is 7.64. The summed E-state index contributed by atoms with van der Waals surface area (Å²) in [6.07, 6.45) is 0.581. The molecule has 0 aliphatic carbocycles. The second-order valence-corrected chi connectivity index (χ2v) is 5.00. The Hall–Kier alpha value is -1.56. The lowest BCUT2D eigenvalue weighted by atomic mass is 9.92. The molecule has 0 aliphatic heterocycles. The van der Waals surface area contributed by atoms with Crippen LogP contribution in [-0.4, -0.2) is 24.2 Å². The molecule has 0 radical (unpaired) electrons. The topological polar surface area (TPSA) is 98.1 Å². The highest BCUT2D eigenvalue weighted by Gasteiger charge is 2.35. The Bertz CT molecular complexity index is 502. The summed E-state index contributed by atoms with van der Waals surface area (Å²) >= 11 is 3.36. The molecule has 102 valence electrons. The fraction of sp³-hybridized carbons (Fsp3) is 0.417. The molecule has 6 nitrogen and oxygen atoms in total. The van der Waals surface area contributed by atoms with Gasteiger partial charge in [0.1, 0.15) is 5.54 Å². The van der Waals surface area contributed by atoms with E-state index in [4.69, 9.17) is 5.53 Å². The van der Waals surface area contributed by atoms with Crippen LogP contribution in [0.1, 0.15) is 18.9 Å². The largest absolute Gasteiger partial charge is 0.480 e. The van der Waals surface area contributed by atoms with E-state index in [9.17, 15) is 9.90 Å². The van der Waals surface area contributed by atoms with Crippen LogP contribution in [-0.2, 0) is 10.3 Å². The fourth-order valence-electron chi connectivity index (χ4n) is 1.69. The van der Waals surface area contributed by atoms with E-state index in [2.05, 4.69) is 31.3 Å². The van der Waals surface area contributed by atoms with Gasteiger partial charge in [0.05, 0.1) is 0 Å². The number of carbonyl (C=O) groups is 1. The van der Waals surface area contributed by atoms with Crippen LogP contribution in [0.4, 0.5) is 0 Å². The summed E-state index contributed by atoms with van der Waals surface area (Å²) in [7, 11) is 0. The molecule has 0 heterocycles. The van der Waals surface area contributed by atoms with E-state index in [0.29, 0.717) is 25.1 Å². The quantitative estimate of drug-likeness (QED) is 0.348. The highest BCUT2D eigenvalue weighted by Crippen LogP contribution is 2.28. The maximum Gasteiger partial charge on any atom is 0.328 e. The Morgan fingerprint density at radius 3 is 2.84 bits per heavy atom. The lowest BCUT2D eigenvalue weighted by Gasteiger charge is -2.28. The average Bonchev–Trinajstić information content (AvgIpc) is 2.38. The third-order valence-corrected chi connectivity index (χ3v) is 3.51. The fourth-order valence-corrected chi connectivity index (χ4v) is 2.37. The zero-order valence-corrected chi connectivity index (χ0v) is 12.1. The van der Waals surface area contributed by atoms with Gasteiger partial charge in [-0.1, -0.05) is 39.2 Å². The molecular formula is C12H15BrN4O2. The monoisotopic (exact) mass is 326 g/mol. The van der Waals surface area contributed by atoms with Crippen molar-refractivity contribution in [1.29, 1.82) is 0 Å². The molecule has 0 aliphatic rings. The van der Waals surface area contributed by atoms with E-state index in [1.54, 1.807) is 25.1 Å². The Labute approximate surface area is 119 Å². The lowest BCUT2D eigenvalue weighted by Crippen LogP contribution is -2.47. The lowest BCUT2D eigenvalue weighted by molar-refractivity contribution is -0.144. The summed E-state index contributed by atoms with van der Waals surface area (Å²) in [5, 5.41) is 15.9. The van der Waals surface area contributed by atoms with E-state index in [1.165, 1.54) is 0 Å². The predicted octanol–water partition coefficient (Wildman–Crippen LogP) is 3.04. The first-order valence-corrected chi connectivity index (χ1v) is 6.56. The molecule has 1 atom stereocenters. The van der Waals surface area contributed by atoms with Gasteiger partial charge in [-0.2, -0.15) is 0 Å². The van der Waals surface area contributed by atoms with Gasteiger partial charge in [-0.15, -0.1) is 0 Å². The van der Waals surface area contributed by atoms with Gasteiger partial charge in [0.2, 0.25) is 0 Å². The van der Waals surface area contributed by atoms with Gasteiger partial charge < -0.3 is 5.11 Å². The molecule has 0 fully saturated rings. The summed E-state index contributed by atoms with van der Waals surface area (Å²) in [5.74, 6) is -0.955. The van der Waals surface area contributed by atoms with Gasteiger partial charge >= 0.3 is 5.97 Å². The molecule has 0 aromatic heterocycles. The Morgan fingerprint density at radius 1 is 1.58 bits per heavy atom. The highest BCUT2D eigenvalue weighted by molar-refractivity contribution is 9.10. The highest BCUT2D eigenvalue weighted by atomic mass is 79.9. The van der Waals surface area contributed by atoms with Crippen LogP contribution >= 0.6 is 15.9 Å². The van der Waals surface area contributed by atoms with Crippen molar-refractivity contribution in [3.8, 4) is 0 Å². The van der Waals surface area contributed by atoms with E-state index >= 15 is 0 Å². The van der Waals surface area contributed by atoms with Gasteiger partial charge in [-0.3, -0.25) is 5.32 Å². The van der Waals surface area contributed by atoms with Crippen LogP contribution in [0.2, 0.25) is 0 Å². The van der Waals surface area contributed by atoms with Gasteiger partial charge in [0.25, 0.3) is 0 Å². The van der Waals surface area contributed by atoms with Gasteiger partial charge in [0.15, 0.2) is 0 Å². The molecule has 1 unspecified atom stereocenters. The molecule has 19 heavy (non-hydrogen) atoms. The average molecular weight is 327 g/mol. The molecular weight excluding hydrogens is 312 g/mol. The third kappa shape index (κ3) is 3.96. The number of nitrogens with zero attached hydrogens (tertiary/aromatic N) is 3.